The number of hydrogen-bond acceptors (Lipinski definition) is 1. The Kier molecular flexibility index (Phi) is 4.86. The van der Waals surface area contributed by atoms with Crippen molar-refractivity contribution in [2.24, 2.45) is 0 Å². The second-order valence-electron chi connectivity index (χ2n) is 4.81. The van der Waals surface area contributed by atoms with Crippen LogP contribution in [0.4, 0.5) is 0 Å². The van der Waals surface area contributed by atoms with Crippen molar-refractivity contribution in [2.45, 2.75) is 26.4 Å². The van der Waals surface area contributed by atoms with Crippen LogP contribution in [0.25, 0.3) is 0 Å². The third-order valence-electron chi connectivity index (χ3n) is 3.09. The van der Waals surface area contributed by atoms with Gasteiger partial charge in [0.15, 0.2) is 0 Å². The lowest BCUT2D eigenvalue weighted by atomic mass is 10.1. The highest BCUT2D eigenvalue weighted by Gasteiger charge is 2.12. The van der Waals surface area contributed by atoms with E-state index in [1.165, 1.54) is 16.7 Å². The van der Waals surface area contributed by atoms with Gasteiger partial charge in [0.2, 0.25) is 0 Å². The first kappa shape index (κ1) is 14.0. The van der Waals surface area contributed by atoms with Gasteiger partial charge in [0, 0.05) is 12.3 Å². The smallest absolute Gasteiger partial charge is 0.125 e. The van der Waals surface area contributed by atoms with Crippen LogP contribution in [0.5, 0.6) is 5.75 Å². The van der Waals surface area contributed by atoms with Gasteiger partial charge in [-0.1, -0.05) is 42.0 Å². The Balaban J connectivity index is 2.18. The molecule has 2 aromatic rings. The van der Waals surface area contributed by atoms with Crippen molar-refractivity contribution in [3.05, 3.63) is 65.2 Å². The Labute approximate surface area is 120 Å². The predicted molar refractivity (Wildman–Crippen MR) is 81.1 cm³/mol. The highest BCUT2D eigenvalue weighted by atomic mass is 35.5. The molecule has 1 atom stereocenters. The van der Waals surface area contributed by atoms with Crippen molar-refractivity contribution in [3.63, 3.8) is 0 Å². The monoisotopic (exact) mass is 274 g/mol. The van der Waals surface area contributed by atoms with Gasteiger partial charge in [0.1, 0.15) is 11.9 Å². The van der Waals surface area contributed by atoms with E-state index in [9.17, 15) is 0 Å². The molecule has 2 rings (SSSR count). The van der Waals surface area contributed by atoms with Gasteiger partial charge in [-0.2, -0.15) is 0 Å². The minimum absolute atomic E-state index is 0.0138. The molecule has 0 aliphatic rings. The van der Waals surface area contributed by atoms with Crippen molar-refractivity contribution >= 4 is 11.6 Å². The number of hydrogen-bond donors (Lipinski definition) is 0. The quantitative estimate of drug-likeness (QED) is 0.693. The summed E-state index contributed by atoms with van der Waals surface area (Å²) in [6, 6.07) is 16.6. The van der Waals surface area contributed by atoms with Gasteiger partial charge in [-0.15, -0.1) is 11.6 Å². The molecule has 0 saturated heterocycles. The van der Waals surface area contributed by atoms with E-state index in [0.29, 0.717) is 5.88 Å². The molecule has 0 heterocycles. The van der Waals surface area contributed by atoms with Crippen LogP contribution in [0.2, 0.25) is 0 Å². The van der Waals surface area contributed by atoms with Crippen LogP contribution >= 0.6 is 11.6 Å². The summed E-state index contributed by atoms with van der Waals surface area (Å²) in [6.45, 7) is 4.15. The van der Waals surface area contributed by atoms with Gasteiger partial charge in [-0.05, 0) is 37.1 Å². The molecule has 0 radical (unpaired) electrons. The summed E-state index contributed by atoms with van der Waals surface area (Å²) in [7, 11) is 0. The topological polar surface area (TPSA) is 9.23 Å². The molecule has 0 aromatic heterocycles. The fourth-order valence-corrected chi connectivity index (χ4v) is 2.22. The Bertz CT molecular complexity index is 519. The van der Waals surface area contributed by atoms with Crippen molar-refractivity contribution in [1.82, 2.24) is 0 Å². The van der Waals surface area contributed by atoms with Crippen LogP contribution in [0, 0.1) is 13.8 Å². The minimum Gasteiger partial charge on any atom is -0.486 e. The first-order chi connectivity index (χ1) is 9.19. The number of benzene rings is 2. The van der Waals surface area contributed by atoms with Crippen molar-refractivity contribution < 1.29 is 4.74 Å². The van der Waals surface area contributed by atoms with Gasteiger partial charge in [0.05, 0.1) is 0 Å². The van der Waals surface area contributed by atoms with Crippen molar-refractivity contribution in [2.75, 3.05) is 5.88 Å². The van der Waals surface area contributed by atoms with E-state index in [1.54, 1.807) is 0 Å². The lowest BCUT2D eigenvalue weighted by Crippen LogP contribution is -2.08. The van der Waals surface area contributed by atoms with Crippen molar-refractivity contribution in [3.8, 4) is 5.75 Å². The lowest BCUT2D eigenvalue weighted by molar-refractivity contribution is 0.202. The SMILES string of the molecule is Cc1ccc(C(CCCl)Oc2cccc(C)c2)cc1. The second kappa shape index (κ2) is 6.63. The summed E-state index contributed by atoms with van der Waals surface area (Å²) in [5.74, 6) is 1.49. The highest BCUT2D eigenvalue weighted by Crippen LogP contribution is 2.26. The zero-order valence-electron chi connectivity index (χ0n) is 11.4. The van der Waals surface area contributed by atoms with E-state index < -0.39 is 0 Å². The molecule has 0 bridgehead atoms. The summed E-state index contributed by atoms with van der Waals surface area (Å²) in [4.78, 5) is 0. The Hall–Kier alpha value is -1.47. The van der Waals surface area contributed by atoms with Crippen LogP contribution in [-0.4, -0.2) is 5.88 Å². The van der Waals surface area contributed by atoms with E-state index in [2.05, 4.69) is 50.2 Å². The molecule has 19 heavy (non-hydrogen) atoms. The molecule has 0 saturated carbocycles. The van der Waals surface area contributed by atoms with E-state index in [4.69, 9.17) is 16.3 Å². The van der Waals surface area contributed by atoms with E-state index >= 15 is 0 Å². The lowest BCUT2D eigenvalue weighted by Gasteiger charge is -2.19. The maximum Gasteiger partial charge on any atom is 0.125 e. The molecule has 2 heteroatoms. The molecule has 2 aromatic carbocycles. The third kappa shape index (κ3) is 4.00. The van der Waals surface area contributed by atoms with Gasteiger partial charge in [-0.3, -0.25) is 0 Å². The van der Waals surface area contributed by atoms with Crippen molar-refractivity contribution in [1.29, 1.82) is 0 Å². The second-order valence-corrected chi connectivity index (χ2v) is 5.19. The minimum atomic E-state index is 0.0138. The summed E-state index contributed by atoms with van der Waals surface area (Å²) >= 11 is 5.89. The Morgan fingerprint density at radius 3 is 2.37 bits per heavy atom. The largest absolute Gasteiger partial charge is 0.486 e. The zero-order valence-corrected chi connectivity index (χ0v) is 12.2. The molecule has 0 spiro atoms. The van der Waals surface area contributed by atoms with E-state index in [1.807, 2.05) is 12.1 Å². The highest BCUT2D eigenvalue weighted by molar-refractivity contribution is 6.17. The summed E-state index contributed by atoms with van der Waals surface area (Å²) < 4.78 is 6.08. The Morgan fingerprint density at radius 2 is 1.74 bits per heavy atom. The number of rotatable bonds is 5. The molecule has 100 valence electrons. The van der Waals surface area contributed by atoms with Crippen LogP contribution < -0.4 is 4.74 Å². The number of alkyl halides is 1. The molecule has 0 aliphatic heterocycles. The summed E-state index contributed by atoms with van der Waals surface area (Å²) in [5, 5.41) is 0. The molecule has 0 amide bonds. The summed E-state index contributed by atoms with van der Waals surface area (Å²) in [6.07, 6.45) is 0.818. The van der Waals surface area contributed by atoms with Crippen LogP contribution in [0.1, 0.15) is 29.2 Å². The molecule has 1 unspecified atom stereocenters. The van der Waals surface area contributed by atoms with Gasteiger partial charge < -0.3 is 4.74 Å². The molecule has 0 N–H and O–H groups in total. The third-order valence-corrected chi connectivity index (χ3v) is 3.31. The molecule has 0 aliphatic carbocycles. The summed E-state index contributed by atoms with van der Waals surface area (Å²) in [5.41, 5.74) is 3.63. The standard InChI is InChI=1S/C17H19ClO/c1-13-6-8-15(9-7-13)17(10-11-18)19-16-5-3-4-14(2)12-16/h3-9,12,17H,10-11H2,1-2H3. The van der Waals surface area contributed by atoms with Crippen LogP contribution in [-0.2, 0) is 0 Å². The van der Waals surface area contributed by atoms with Gasteiger partial charge in [-0.25, -0.2) is 0 Å². The molecule has 0 fully saturated rings. The first-order valence-electron chi connectivity index (χ1n) is 6.55. The molecular weight excluding hydrogens is 256 g/mol. The number of halogens is 1. The Morgan fingerprint density at radius 1 is 1.00 bits per heavy atom. The zero-order chi connectivity index (χ0) is 13.7. The number of aryl methyl sites for hydroxylation is 2. The van der Waals surface area contributed by atoms with E-state index in [0.717, 1.165) is 12.2 Å². The average molecular weight is 275 g/mol. The number of ether oxygens (including phenoxy) is 1. The average Bonchev–Trinajstić information content (AvgIpc) is 2.39. The first-order valence-corrected chi connectivity index (χ1v) is 7.08. The normalized spacial score (nSPS) is 12.2. The maximum atomic E-state index is 6.08. The van der Waals surface area contributed by atoms with Crippen LogP contribution in [0.3, 0.4) is 0 Å². The van der Waals surface area contributed by atoms with Gasteiger partial charge in [0.25, 0.3) is 0 Å². The fraction of sp³-hybridized carbons (Fsp3) is 0.294. The van der Waals surface area contributed by atoms with E-state index in [-0.39, 0.29) is 6.10 Å². The molecule has 1 nitrogen and oxygen atoms in total. The predicted octanol–water partition coefficient (Wildman–Crippen LogP) is 5.05. The van der Waals surface area contributed by atoms with Gasteiger partial charge >= 0.3 is 0 Å². The molecular formula is C17H19ClO. The fourth-order valence-electron chi connectivity index (χ4n) is 2.03. The maximum absolute atomic E-state index is 6.08. The van der Waals surface area contributed by atoms with Crippen LogP contribution in [0.15, 0.2) is 48.5 Å².